The van der Waals surface area contributed by atoms with Crippen LogP contribution >= 0.6 is 11.6 Å². The van der Waals surface area contributed by atoms with E-state index in [0.717, 1.165) is 12.1 Å². The highest BCUT2D eigenvalue weighted by molar-refractivity contribution is 6.31. The largest absolute Gasteiger partial charge is 0.417 e. The van der Waals surface area contributed by atoms with Crippen LogP contribution in [0.3, 0.4) is 0 Å². The highest BCUT2D eigenvalue weighted by atomic mass is 35.5. The summed E-state index contributed by atoms with van der Waals surface area (Å²) < 4.78 is 38.4. The van der Waals surface area contributed by atoms with Gasteiger partial charge in [0.05, 0.1) is 17.1 Å². The molecule has 2 rings (SSSR count). The maximum atomic E-state index is 12.8. The van der Waals surface area contributed by atoms with Crippen LogP contribution in [-0.4, -0.2) is 36.3 Å². The standard InChI is InChI=1S/C15H17ClF3N3O2/c16-12-2-1-10(7-11(12)15(17,18)19)21-8-13(23)22-5-3-9(4-6-22)14(20)24/h1-2,7,9,21H,3-6,8H2,(H2,20,24). The lowest BCUT2D eigenvalue weighted by molar-refractivity contribution is -0.137. The van der Waals surface area contributed by atoms with E-state index in [1.165, 1.54) is 6.07 Å². The summed E-state index contributed by atoms with van der Waals surface area (Å²) in [6, 6.07) is 3.38. The third-order valence-corrected chi connectivity index (χ3v) is 4.30. The van der Waals surface area contributed by atoms with Crippen LogP contribution < -0.4 is 11.1 Å². The first-order chi connectivity index (χ1) is 11.2. The van der Waals surface area contributed by atoms with E-state index in [1.54, 1.807) is 4.90 Å². The van der Waals surface area contributed by atoms with Crippen LogP contribution in [-0.2, 0) is 15.8 Å². The highest BCUT2D eigenvalue weighted by Gasteiger charge is 2.33. The molecule has 0 bridgehead atoms. The van der Waals surface area contributed by atoms with Crippen molar-refractivity contribution in [3.63, 3.8) is 0 Å². The molecule has 0 unspecified atom stereocenters. The Morgan fingerprint density at radius 1 is 1.29 bits per heavy atom. The second-order valence-electron chi connectivity index (χ2n) is 5.60. The molecule has 0 saturated carbocycles. The number of nitrogens with two attached hydrogens (primary N) is 1. The van der Waals surface area contributed by atoms with Crippen molar-refractivity contribution in [3.05, 3.63) is 28.8 Å². The Kier molecular flexibility index (Phi) is 5.58. The summed E-state index contributed by atoms with van der Waals surface area (Å²) >= 11 is 5.54. The van der Waals surface area contributed by atoms with Crippen molar-refractivity contribution < 1.29 is 22.8 Å². The van der Waals surface area contributed by atoms with Gasteiger partial charge in [0.2, 0.25) is 11.8 Å². The molecule has 1 aromatic carbocycles. The van der Waals surface area contributed by atoms with Gasteiger partial charge in [0.1, 0.15) is 0 Å². The van der Waals surface area contributed by atoms with Gasteiger partial charge < -0.3 is 16.0 Å². The summed E-state index contributed by atoms with van der Waals surface area (Å²) in [6.07, 6.45) is -3.56. The highest BCUT2D eigenvalue weighted by Crippen LogP contribution is 2.36. The lowest BCUT2D eigenvalue weighted by atomic mass is 9.96. The summed E-state index contributed by atoms with van der Waals surface area (Å²) in [7, 11) is 0. The van der Waals surface area contributed by atoms with Crippen molar-refractivity contribution >= 4 is 29.1 Å². The van der Waals surface area contributed by atoms with Gasteiger partial charge in [-0.3, -0.25) is 9.59 Å². The van der Waals surface area contributed by atoms with Gasteiger partial charge in [-0.1, -0.05) is 11.6 Å². The number of nitrogens with zero attached hydrogens (tertiary/aromatic N) is 1. The number of hydrogen-bond acceptors (Lipinski definition) is 3. The first kappa shape index (κ1) is 18.4. The number of carbonyl (C=O) groups is 2. The Hall–Kier alpha value is -1.96. The van der Waals surface area contributed by atoms with Crippen molar-refractivity contribution in [1.82, 2.24) is 4.90 Å². The van der Waals surface area contributed by atoms with Crippen LogP contribution in [0.4, 0.5) is 18.9 Å². The molecule has 0 radical (unpaired) electrons. The Labute approximate surface area is 141 Å². The molecule has 0 spiro atoms. The van der Waals surface area contributed by atoms with E-state index in [2.05, 4.69) is 5.32 Å². The molecule has 1 aliphatic rings. The second-order valence-corrected chi connectivity index (χ2v) is 6.01. The normalized spacial score (nSPS) is 16.1. The molecule has 2 amide bonds. The number of likely N-dealkylation sites (tertiary alicyclic amines) is 1. The topological polar surface area (TPSA) is 75.4 Å². The maximum absolute atomic E-state index is 12.8. The van der Waals surface area contributed by atoms with Crippen molar-refractivity contribution in [2.75, 3.05) is 25.0 Å². The van der Waals surface area contributed by atoms with E-state index >= 15 is 0 Å². The van der Waals surface area contributed by atoms with E-state index in [4.69, 9.17) is 17.3 Å². The predicted octanol–water partition coefficient (Wildman–Crippen LogP) is 2.49. The summed E-state index contributed by atoms with van der Waals surface area (Å²) in [6.45, 7) is 0.672. The van der Waals surface area contributed by atoms with Gasteiger partial charge in [-0.05, 0) is 31.0 Å². The molecular formula is C15H17ClF3N3O2. The Balaban J connectivity index is 1.92. The molecule has 0 aromatic heterocycles. The molecule has 132 valence electrons. The quantitative estimate of drug-likeness (QED) is 0.863. The number of benzene rings is 1. The van der Waals surface area contributed by atoms with E-state index < -0.39 is 16.8 Å². The summed E-state index contributed by atoms with van der Waals surface area (Å²) in [5.41, 5.74) is 4.43. The van der Waals surface area contributed by atoms with Gasteiger partial charge in [0.25, 0.3) is 0 Å². The average Bonchev–Trinajstić information content (AvgIpc) is 2.52. The van der Waals surface area contributed by atoms with E-state index in [9.17, 15) is 22.8 Å². The zero-order valence-corrected chi connectivity index (χ0v) is 13.5. The number of primary amides is 1. The molecule has 0 aliphatic carbocycles. The van der Waals surface area contributed by atoms with E-state index in [-0.39, 0.29) is 30.0 Å². The third-order valence-electron chi connectivity index (χ3n) is 3.97. The number of carbonyl (C=O) groups excluding carboxylic acids is 2. The fraction of sp³-hybridized carbons (Fsp3) is 0.467. The van der Waals surface area contributed by atoms with Gasteiger partial charge in [-0.2, -0.15) is 13.2 Å². The number of rotatable bonds is 4. The zero-order chi connectivity index (χ0) is 17.9. The molecular weight excluding hydrogens is 347 g/mol. The second kappa shape index (κ2) is 7.29. The zero-order valence-electron chi connectivity index (χ0n) is 12.7. The van der Waals surface area contributed by atoms with Crippen LogP contribution in [0, 0.1) is 5.92 Å². The molecule has 1 heterocycles. The molecule has 1 aliphatic heterocycles. The number of hydrogen-bond donors (Lipinski definition) is 2. The molecule has 24 heavy (non-hydrogen) atoms. The monoisotopic (exact) mass is 363 g/mol. The van der Waals surface area contributed by atoms with E-state index in [0.29, 0.717) is 25.9 Å². The molecule has 9 heteroatoms. The van der Waals surface area contributed by atoms with Gasteiger partial charge in [-0.15, -0.1) is 0 Å². The van der Waals surface area contributed by atoms with Gasteiger partial charge in [-0.25, -0.2) is 0 Å². The fourth-order valence-electron chi connectivity index (χ4n) is 2.56. The minimum atomic E-state index is -4.56. The Morgan fingerprint density at radius 2 is 1.92 bits per heavy atom. The summed E-state index contributed by atoms with van der Waals surface area (Å²) in [5.74, 6) is -0.852. The Morgan fingerprint density at radius 3 is 2.46 bits per heavy atom. The first-order valence-corrected chi connectivity index (χ1v) is 7.74. The first-order valence-electron chi connectivity index (χ1n) is 7.36. The van der Waals surface area contributed by atoms with Crippen molar-refractivity contribution in [2.45, 2.75) is 19.0 Å². The van der Waals surface area contributed by atoms with Crippen molar-refractivity contribution in [3.8, 4) is 0 Å². The van der Waals surface area contributed by atoms with Gasteiger partial charge in [0, 0.05) is 24.7 Å². The number of halogens is 4. The Bertz CT molecular complexity index is 629. The number of amides is 2. The molecule has 1 saturated heterocycles. The lowest BCUT2D eigenvalue weighted by Crippen LogP contribution is -2.43. The van der Waals surface area contributed by atoms with Crippen LogP contribution in [0.25, 0.3) is 0 Å². The number of nitrogens with one attached hydrogen (secondary N) is 1. The van der Waals surface area contributed by atoms with Gasteiger partial charge in [0.15, 0.2) is 0 Å². The smallest absolute Gasteiger partial charge is 0.376 e. The van der Waals surface area contributed by atoms with Crippen LogP contribution in [0.1, 0.15) is 18.4 Å². The molecule has 1 fully saturated rings. The number of alkyl halides is 3. The minimum Gasteiger partial charge on any atom is -0.376 e. The molecule has 3 N–H and O–H groups in total. The molecule has 0 atom stereocenters. The number of piperidine rings is 1. The van der Waals surface area contributed by atoms with Gasteiger partial charge >= 0.3 is 6.18 Å². The predicted molar refractivity (Wildman–Crippen MR) is 83.4 cm³/mol. The van der Waals surface area contributed by atoms with Crippen LogP contribution in [0.15, 0.2) is 18.2 Å². The molecule has 5 nitrogen and oxygen atoms in total. The van der Waals surface area contributed by atoms with E-state index in [1.807, 2.05) is 0 Å². The maximum Gasteiger partial charge on any atom is 0.417 e. The summed E-state index contributed by atoms with van der Waals surface area (Å²) in [4.78, 5) is 24.7. The third kappa shape index (κ3) is 4.53. The minimum absolute atomic E-state index is 0.139. The summed E-state index contributed by atoms with van der Waals surface area (Å²) in [5, 5.41) is 2.28. The average molecular weight is 364 g/mol. The van der Waals surface area contributed by atoms with Crippen LogP contribution in [0.5, 0.6) is 0 Å². The molecule has 1 aromatic rings. The van der Waals surface area contributed by atoms with Crippen molar-refractivity contribution in [2.24, 2.45) is 11.7 Å². The fourth-order valence-corrected chi connectivity index (χ4v) is 2.78. The van der Waals surface area contributed by atoms with Crippen LogP contribution in [0.2, 0.25) is 5.02 Å². The number of anilines is 1. The SMILES string of the molecule is NC(=O)C1CCN(C(=O)CNc2ccc(Cl)c(C(F)(F)F)c2)CC1. The lowest BCUT2D eigenvalue weighted by Gasteiger charge is -2.30. The van der Waals surface area contributed by atoms with Crippen molar-refractivity contribution in [1.29, 1.82) is 0 Å².